The van der Waals surface area contributed by atoms with Gasteiger partial charge in [0.2, 0.25) is 15.9 Å². The highest BCUT2D eigenvalue weighted by atomic mass is 32.2. The summed E-state index contributed by atoms with van der Waals surface area (Å²) in [6, 6.07) is 2.80. The number of ether oxygens (including phenoxy) is 2. The van der Waals surface area contributed by atoms with E-state index in [-0.39, 0.29) is 18.4 Å². The van der Waals surface area contributed by atoms with Gasteiger partial charge in [-0.25, -0.2) is 17.8 Å². The van der Waals surface area contributed by atoms with Crippen LogP contribution < -0.4 is 4.74 Å². The summed E-state index contributed by atoms with van der Waals surface area (Å²) in [5, 5.41) is -0.446. The van der Waals surface area contributed by atoms with Crippen molar-refractivity contribution in [1.29, 1.82) is 0 Å². The molecule has 1 spiro atoms. The maximum absolute atomic E-state index is 13.6. The third-order valence-corrected chi connectivity index (χ3v) is 6.76. The van der Waals surface area contributed by atoms with E-state index in [4.69, 9.17) is 9.47 Å². The van der Waals surface area contributed by atoms with Crippen LogP contribution in [0.5, 0.6) is 5.88 Å². The number of sulfonamides is 1. The largest absolute Gasteiger partial charge is 0.475 e. The van der Waals surface area contributed by atoms with Crippen LogP contribution in [0.15, 0.2) is 18.3 Å². The molecule has 8 heteroatoms. The minimum Gasteiger partial charge on any atom is -0.475 e. The Hall–Kier alpha value is -1.25. The van der Waals surface area contributed by atoms with Crippen molar-refractivity contribution in [2.45, 2.75) is 31.1 Å². The van der Waals surface area contributed by atoms with Crippen LogP contribution in [0.4, 0.5) is 4.39 Å². The van der Waals surface area contributed by atoms with Gasteiger partial charge in [-0.2, -0.15) is 4.31 Å². The highest BCUT2D eigenvalue weighted by Crippen LogP contribution is 2.41. The predicted molar refractivity (Wildman–Crippen MR) is 82.1 cm³/mol. The number of hydrogen-bond donors (Lipinski definition) is 0. The van der Waals surface area contributed by atoms with Crippen molar-refractivity contribution in [3.8, 4) is 5.88 Å². The van der Waals surface area contributed by atoms with Gasteiger partial charge in [0.15, 0.2) is 5.82 Å². The summed E-state index contributed by atoms with van der Waals surface area (Å²) in [5.74, 6) is -0.499. The fourth-order valence-corrected chi connectivity index (χ4v) is 4.45. The minimum absolute atomic E-state index is 0.0273. The highest BCUT2D eigenvalue weighted by molar-refractivity contribution is 7.89. The monoisotopic (exact) mass is 344 g/mol. The normalized spacial score (nSPS) is 24.1. The number of nitrogens with zero attached hydrogens (tertiary/aromatic N) is 2. The number of aromatic nitrogens is 1. The molecule has 3 rings (SSSR count). The average molecular weight is 344 g/mol. The highest BCUT2D eigenvalue weighted by Gasteiger charge is 2.56. The second kappa shape index (κ2) is 5.99. The first kappa shape index (κ1) is 16.6. The van der Waals surface area contributed by atoms with Crippen LogP contribution in [0.2, 0.25) is 0 Å². The van der Waals surface area contributed by atoms with Gasteiger partial charge >= 0.3 is 0 Å². The summed E-state index contributed by atoms with van der Waals surface area (Å²) < 4.78 is 50.6. The lowest BCUT2D eigenvalue weighted by molar-refractivity contribution is -0.108. The molecule has 6 nitrogen and oxygen atoms in total. The molecule has 0 aliphatic carbocycles. The summed E-state index contributed by atoms with van der Waals surface area (Å²) >= 11 is 0. The van der Waals surface area contributed by atoms with Crippen LogP contribution in [-0.2, 0) is 14.8 Å². The molecule has 1 aromatic heterocycles. The van der Waals surface area contributed by atoms with Gasteiger partial charge in [0, 0.05) is 31.8 Å². The first-order chi connectivity index (χ1) is 10.8. The lowest BCUT2D eigenvalue weighted by Crippen LogP contribution is -2.67. The quantitative estimate of drug-likeness (QED) is 0.808. The molecule has 0 radical (unpaired) electrons. The van der Waals surface area contributed by atoms with Crippen LogP contribution in [0.1, 0.15) is 20.3 Å². The van der Waals surface area contributed by atoms with E-state index in [0.717, 1.165) is 6.42 Å². The average Bonchev–Trinajstić information content (AvgIpc) is 2.88. The number of rotatable bonds is 5. The third-order valence-electron chi connectivity index (χ3n) is 4.59. The predicted octanol–water partition coefficient (Wildman–Crippen LogP) is 1.43. The topological polar surface area (TPSA) is 68.7 Å². The van der Waals surface area contributed by atoms with E-state index < -0.39 is 26.7 Å². The van der Waals surface area contributed by atoms with E-state index in [1.165, 1.54) is 22.6 Å². The first-order valence-corrected chi connectivity index (χ1v) is 9.22. The summed E-state index contributed by atoms with van der Waals surface area (Å²) in [7, 11) is -3.26. The third kappa shape index (κ3) is 2.95. The lowest BCUT2D eigenvalue weighted by Gasteiger charge is -2.49. The summed E-state index contributed by atoms with van der Waals surface area (Å²) in [6.45, 7) is 4.84. The van der Waals surface area contributed by atoms with Crippen molar-refractivity contribution in [3.63, 3.8) is 0 Å². The van der Waals surface area contributed by atoms with E-state index in [1.807, 2.05) is 0 Å². The Morgan fingerprint density at radius 2 is 2.26 bits per heavy atom. The van der Waals surface area contributed by atoms with Crippen molar-refractivity contribution in [2.24, 2.45) is 5.92 Å². The van der Waals surface area contributed by atoms with E-state index in [1.54, 1.807) is 13.8 Å². The Bertz CT molecular complexity index is 674. The van der Waals surface area contributed by atoms with Crippen LogP contribution in [0, 0.1) is 11.7 Å². The summed E-state index contributed by atoms with van der Waals surface area (Å²) in [4.78, 5) is 3.86. The smallest absolute Gasteiger partial charge is 0.250 e. The maximum Gasteiger partial charge on any atom is 0.250 e. The fraction of sp³-hybridized carbons (Fsp3) is 0.667. The van der Waals surface area contributed by atoms with Gasteiger partial charge in [0.05, 0.1) is 11.9 Å². The van der Waals surface area contributed by atoms with Gasteiger partial charge in [0.1, 0.15) is 5.60 Å². The number of halogens is 1. The summed E-state index contributed by atoms with van der Waals surface area (Å²) in [5.41, 5.74) is -0.507. The SMILES string of the molecule is CC(C)S(=O)(=O)N1CC2(C1)OCCC2COc1ncccc1F. The van der Waals surface area contributed by atoms with Gasteiger partial charge in [0.25, 0.3) is 0 Å². The minimum atomic E-state index is -3.26. The second-order valence-electron chi connectivity index (χ2n) is 6.36. The maximum atomic E-state index is 13.6. The molecule has 1 unspecified atom stereocenters. The molecule has 2 aliphatic heterocycles. The molecule has 2 fully saturated rings. The molecule has 1 aromatic rings. The van der Waals surface area contributed by atoms with Gasteiger partial charge in [-0.15, -0.1) is 0 Å². The van der Waals surface area contributed by atoms with Crippen LogP contribution in [0.3, 0.4) is 0 Å². The lowest BCUT2D eigenvalue weighted by atomic mass is 9.83. The van der Waals surface area contributed by atoms with Crippen molar-refractivity contribution in [1.82, 2.24) is 9.29 Å². The molecule has 128 valence electrons. The van der Waals surface area contributed by atoms with Gasteiger partial charge in [-0.05, 0) is 32.4 Å². The van der Waals surface area contributed by atoms with E-state index in [2.05, 4.69) is 4.98 Å². The Morgan fingerprint density at radius 1 is 1.52 bits per heavy atom. The zero-order valence-electron chi connectivity index (χ0n) is 13.2. The molecule has 2 aliphatic rings. The standard InChI is InChI=1S/C15H21FN2O4S/c1-11(2)23(19,20)18-9-15(10-18)12(5-7-22-15)8-21-14-13(16)4-3-6-17-14/h3-4,6,11-12H,5,7-10H2,1-2H3. The molecule has 0 aromatic carbocycles. The Kier molecular flexibility index (Phi) is 4.33. The van der Waals surface area contributed by atoms with Gasteiger partial charge < -0.3 is 9.47 Å². The molecule has 0 bridgehead atoms. The molecule has 0 saturated carbocycles. The molecular weight excluding hydrogens is 323 g/mol. The van der Waals surface area contributed by atoms with Crippen molar-refractivity contribution in [3.05, 3.63) is 24.1 Å². The van der Waals surface area contributed by atoms with Crippen molar-refractivity contribution in [2.75, 3.05) is 26.3 Å². The van der Waals surface area contributed by atoms with E-state index in [0.29, 0.717) is 19.7 Å². The fourth-order valence-electron chi connectivity index (χ4n) is 3.06. The van der Waals surface area contributed by atoms with E-state index >= 15 is 0 Å². The van der Waals surface area contributed by atoms with Crippen LogP contribution >= 0.6 is 0 Å². The second-order valence-corrected chi connectivity index (χ2v) is 8.85. The number of hydrogen-bond acceptors (Lipinski definition) is 5. The molecule has 0 amide bonds. The number of pyridine rings is 1. The van der Waals surface area contributed by atoms with Crippen LogP contribution in [0.25, 0.3) is 0 Å². The zero-order valence-corrected chi connectivity index (χ0v) is 14.1. The van der Waals surface area contributed by atoms with Crippen LogP contribution in [-0.4, -0.2) is 54.9 Å². The van der Waals surface area contributed by atoms with Gasteiger partial charge in [-0.3, -0.25) is 0 Å². The Labute approximate surface area is 135 Å². The Morgan fingerprint density at radius 3 is 2.91 bits per heavy atom. The molecule has 2 saturated heterocycles. The molecule has 3 heterocycles. The van der Waals surface area contributed by atoms with Crippen molar-refractivity contribution >= 4 is 10.0 Å². The molecule has 23 heavy (non-hydrogen) atoms. The Balaban J connectivity index is 1.63. The van der Waals surface area contributed by atoms with Gasteiger partial charge in [-0.1, -0.05) is 0 Å². The molecule has 1 atom stereocenters. The zero-order chi connectivity index (χ0) is 16.7. The molecule has 0 N–H and O–H groups in total. The summed E-state index contributed by atoms with van der Waals surface area (Å²) in [6.07, 6.45) is 2.24. The molecular formula is C15H21FN2O4S. The van der Waals surface area contributed by atoms with E-state index in [9.17, 15) is 12.8 Å². The van der Waals surface area contributed by atoms with Crippen molar-refractivity contribution < 1.29 is 22.3 Å². The first-order valence-electron chi connectivity index (χ1n) is 7.71.